The number of fused-ring (bicyclic) bond motifs is 1. The van der Waals surface area contributed by atoms with Gasteiger partial charge in [0, 0.05) is 24.0 Å². The summed E-state index contributed by atoms with van der Waals surface area (Å²) in [6, 6.07) is 8.88. The topological polar surface area (TPSA) is 32.3 Å². The van der Waals surface area contributed by atoms with Crippen molar-refractivity contribution in [1.29, 1.82) is 0 Å². The Morgan fingerprint density at radius 1 is 1.45 bits per heavy atom. The molecule has 0 saturated carbocycles. The van der Waals surface area contributed by atoms with Gasteiger partial charge in [-0.3, -0.25) is 4.79 Å². The fourth-order valence-corrected chi connectivity index (χ4v) is 4.36. The zero-order valence-electron chi connectivity index (χ0n) is 12.0. The summed E-state index contributed by atoms with van der Waals surface area (Å²) in [4.78, 5) is 16.0. The van der Waals surface area contributed by atoms with Crippen LogP contribution in [0.4, 0.5) is 0 Å². The average Bonchev–Trinajstić information content (AvgIpc) is 3.12. The van der Waals surface area contributed by atoms with Crippen LogP contribution in [0.5, 0.6) is 0 Å². The molecule has 2 aliphatic heterocycles. The van der Waals surface area contributed by atoms with Gasteiger partial charge in [-0.05, 0) is 44.4 Å². The number of hydrogen-bond acceptors (Lipinski definition) is 3. The molecule has 2 aliphatic rings. The first-order valence-electron chi connectivity index (χ1n) is 7.54. The molecule has 1 amide bonds. The minimum atomic E-state index is 0.0775. The van der Waals surface area contributed by atoms with E-state index in [2.05, 4.69) is 36.5 Å². The van der Waals surface area contributed by atoms with Crippen molar-refractivity contribution in [2.24, 2.45) is 0 Å². The SMILES string of the molecule is CCN(CC1CCCN1)C(=O)C1Cc2ccccc2S1. The molecule has 0 aromatic heterocycles. The monoisotopic (exact) mass is 290 g/mol. The summed E-state index contributed by atoms with van der Waals surface area (Å²) in [6.45, 7) is 4.85. The van der Waals surface area contributed by atoms with Gasteiger partial charge in [-0.15, -0.1) is 11.8 Å². The highest BCUT2D eigenvalue weighted by molar-refractivity contribution is 8.01. The van der Waals surface area contributed by atoms with Gasteiger partial charge in [0.25, 0.3) is 0 Å². The standard InChI is InChI=1S/C16H22N2OS/c1-2-18(11-13-7-5-9-17-13)16(19)15-10-12-6-3-4-8-14(12)20-15/h3-4,6,8,13,15,17H,2,5,7,9-11H2,1H3. The van der Waals surface area contributed by atoms with Crippen molar-refractivity contribution in [2.75, 3.05) is 19.6 Å². The Morgan fingerprint density at radius 2 is 2.30 bits per heavy atom. The fourth-order valence-electron chi connectivity index (χ4n) is 3.08. The summed E-state index contributed by atoms with van der Waals surface area (Å²) < 4.78 is 0. The van der Waals surface area contributed by atoms with E-state index in [0.717, 1.165) is 26.1 Å². The van der Waals surface area contributed by atoms with Gasteiger partial charge in [-0.2, -0.15) is 0 Å². The molecule has 1 fully saturated rings. The van der Waals surface area contributed by atoms with Crippen LogP contribution >= 0.6 is 11.8 Å². The van der Waals surface area contributed by atoms with E-state index in [1.807, 2.05) is 4.90 Å². The summed E-state index contributed by atoms with van der Waals surface area (Å²) >= 11 is 1.73. The van der Waals surface area contributed by atoms with Crippen molar-refractivity contribution in [1.82, 2.24) is 10.2 Å². The number of carbonyl (C=O) groups is 1. The first-order chi connectivity index (χ1) is 9.78. The van der Waals surface area contributed by atoms with Gasteiger partial charge in [-0.25, -0.2) is 0 Å². The van der Waals surface area contributed by atoms with E-state index >= 15 is 0 Å². The third-order valence-corrected chi connectivity index (χ3v) is 5.52. The highest BCUT2D eigenvalue weighted by Crippen LogP contribution is 2.37. The smallest absolute Gasteiger partial charge is 0.236 e. The van der Waals surface area contributed by atoms with E-state index in [1.54, 1.807) is 11.8 Å². The van der Waals surface area contributed by atoms with Crippen LogP contribution in [0.25, 0.3) is 0 Å². The van der Waals surface area contributed by atoms with Gasteiger partial charge in [0.2, 0.25) is 5.91 Å². The van der Waals surface area contributed by atoms with Gasteiger partial charge in [0.15, 0.2) is 0 Å². The Bertz CT molecular complexity index is 460. The average molecular weight is 290 g/mol. The molecule has 2 atom stereocenters. The van der Waals surface area contributed by atoms with Crippen molar-refractivity contribution >= 4 is 17.7 Å². The molecule has 0 aliphatic carbocycles. The summed E-state index contributed by atoms with van der Waals surface area (Å²) in [5.41, 5.74) is 1.32. The maximum absolute atomic E-state index is 12.7. The highest BCUT2D eigenvalue weighted by Gasteiger charge is 2.31. The van der Waals surface area contributed by atoms with Crippen molar-refractivity contribution in [3.63, 3.8) is 0 Å². The molecule has 1 saturated heterocycles. The van der Waals surface area contributed by atoms with E-state index in [-0.39, 0.29) is 5.25 Å². The molecule has 0 bridgehead atoms. The molecule has 0 spiro atoms. The van der Waals surface area contributed by atoms with E-state index in [4.69, 9.17) is 0 Å². The molecule has 0 radical (unpaired) electrons. The van der Waals surface area contributed by atoms with Crippen LogP contribution in [-0.2, 0) is 11.2 Å². The van der Waals surface area contributed by atoms with Crippen LogP contribution in [-0.4, -0.2) is 41.7 Å². The van der Waals surface area contributed by atoms with Crippen LogP contribution in [0.1, 0.15) is 25.3 Å². The van der Waals surface area contributed by atoms with Crippen molar-refractivity contribution in [3.8, 4) is 0 Å². The molecular weight excluding hydrogens is 268 g/mol. The predicted octanol–water partition coefficient (Wildman–Crippen LogP) is 2.30. The van der Waals surface area contributed by atoms with Crippen molar-refractivity contribution in [3.05, 3.63) is 29.8 Å². The number of rotatable bonds is 4. The molecule has 3 rings (SSSR count). The van der Waals surface area contributed by atoms with Crippen LogP contribution < -0.4 is 5.32 Å². The zero-order valence-corrected chi connectivity index (χ0v) is 12.8. The van der Waals surface area contributed by atoms with Gasteiger partial charge >= 0.3 is 0 Å². The number of nitrogens with zero attached hydrogens (tertiary/aromatic N) is 1. The maximum Gasteiger partial charge on any atom is 0.236 e. The first kappa shape index (κ1) is 14.0. The Morgan fingerprint density at radius 3 is 3.00 bits per heavy atom. The lowest BCUT2D eigenvalue weighted by molar-refractivity contribution is -0.130. The van der Waals surface area contributed by atoms with E-state index < -0.39 is 0 Å². The van der Waals surface area contributed by atoms with Crippen molar-refractivity contribution < 1.29 is 4.79 Å². The second-order valence-electron chi connectivity index (χ2n) is 5.59. The second-order valence-corrected chi connectivity index (χ2v) is 6.83. The minimum Gasteiger partial charge on any atom is -0.340 e. The number of thioether (sulfide) groups is 1. The Balaban J connectivity index is 1.63. The van der Waals surface area contributed by atoms with Gasteiger partial charge in [0.1, 0.15) is 0 Å². The summed E-state index contributed by atoms with van der Waals surface area (Å²) in [7, 11) is 0. The predicted molar refractivity (Wildman–Crippen MR) is 83.1 cm³/mol. The summed E-state index contributed by atoms with van der Waals surface area (Å²) in [6.07, 6.45) is 3.32. The lowest BCUT2D eigenvalue weighted by Crippen LogP contribution is -2.44. The molecule has 20 heavy (non-hydrogen) atoms. The first-order valence-corrected chi connectivity index (χ1v) is 8.42. The van der Waals surface area contributed by atoms with E-state index in [0.29, 0.717) is 11.9 Å². The number of hydrogen-bond donors (Lipinski definition) is 1. The third-order valence-electron chi connectivity index (χ3n) is 4.22. The Kier molecular flexibility index (Phi) is 4.32. The number of nitrogens with one attached hydrogen (secondary N) is 1. The highest BCUT2D eigenvalue weighted by atomic mass is 32.2. The number of benzene rings is 1. The number of likely N-dealkylation sites (N-methyl/N-ethyl adjacent to an activating group) is 1. The van der Waals surface area contributed by atoms with Crippen LogP contribution in [0.2, 0.25) is 0 Å². The molecule has 1 aromatic carbocycles. The molecule has 3 nitrogen and oxygen atoms in total. The van der Waals surface area contributed by atoms with E-state index in [1.165, 1.54) is 23.3 Å². The minimum absolute atomic E-state index is 0.0775. The molecule has 4 heteroatoms. The maximum atomic E-state index is 12.7. The number of carbonyl (C=O) groups excluding carboxylic acids is 1. The molecule has 108 valence electrons. The number of amides is 1. The molecule has 2 unspecified atom stereocenters. The fraction of sp³-hybridized carbons (Fsp3) is 0.562. The summed E-state index contributed by atoms with van der Waals surface area (Å²) in [5.74, 6) is 0.308. The largest absolute Gasteiger partial charge is 0.340 e. The van der Waals surface area contributed by atoms with Crippen LogP contribution in [0.3, 0.4) is 0 Å². The van der Waals surface area contributed by atoms with Gasteiger partial charge in [-0.1, -0.05) is 18.2 Å². The molecule has 1 aromatic rings. The quantitative estimate of drug-likeness (QED) is 0.923. The Labute approximate surface area is 125 Å². The normalized spacial score (nSPS) is 24.6. The third kappa shape index (κ3) is 2.86. The van der Waals surface area contributed by atoms with E-state index in [9.17, 15) is 4.79 Å². The molecular formula is C16H22N2OS. The zero-order chi connectivity index (χ0) is 13.9. The van der Waals surface area contributed by atoms with Crippen molar-refractivity contribution in [2.45, 2.75) is 42.4 Å². The second kappa shape index (κ2) is 6.19. The van der Waals surface area contributed by atoms with Crippen LogP contribution in [0, 0.1) is 0 Å². The summed E-state index contributed by atoms with van der Waals surface area (Å²) in [5, 5.41) is 3.56. The lowest BCUT2D eigenvalue weighted by atomic mass is 10.1. The lowest BCUT2D eigenvalue weighted by Gasteiger charge is -2.26. The van der Waals surface area contributed by atoms with Crippen LogP contribution in [0.15, 0.2) is 29.2 Å². The molecule has 2 heterocycles. The van der Waals surface area contributed by atoms with Gasteiger partial charge < -0.3 is 10.2 Å². The van der Waals surface area contributed by atoms with Gasteiger partial charge in [0.05, 0.1) is 5.25 Å². The molecule has 1 N–H and O–H groups in total. The Hall–Kier alpha value is -1.00.